The number of rotatable bonds is 6. The van der Waals surface area contributed by atoms with Gasteiger partial charge < -0.3 is 19.1 Å². The smallest absolute Gasteiger partial charge is 0.253 e. The van der Waals surface area contributed by atoms with Crippen LogP contribution in [-0.2, 0) is 23.5 Å². The van der Waals surface area contributed by atoms with E-state index in [-0.39, 0.29) is 22.8 Å². The molecule has 0 bridgehead atoms. The zero-order valence-corrected chi connectivity index (χ0v) is 18.0. The number of benzene rings is 2. The van der Waals surface area contributed by atoms with Gasteiger partial charge in [-0.05, 0) is 48.4 Å². The lowest BCUT2D eigenvalue weighted by Crippen LogP contribution is -2.18. The van der Waals surface area contributed by atoms with Gasteiger partial charge in [0.05, 0.1) is 12.0 Å². The van der Waals surface area contributed by atoms with Gasteiger partial charge in [0.1, 0.15) is 12.4 Å². The Balaban J connectivity index is 2.05. The molecular weight excluding hydrogens is 406 g/mol. The maximum absolute atomic E-state index is 12.2. The van der Waals surface area contributed by atoms with Crippen molar-refractivity contribution >= 4 is 9.84 Å². The number of nitrogens with zero attached hydrogens (tertiary/aromatic N) is 1. The zero-order valence-electron chi connectivity index (χ0n) is 17.2. The van der Waals surface area contributed by atoms with Crippen molar-refractivity contribution in [2.24, 2.45) is 7.05 Å². The Kier molecular flexibility index (Phi) is 5.89. The van der Waals surface area contributed by atoms with E-state index in [0.717, 1.165) is 6.26 Å². The number of pyridine rings is 1. The summed E-state index contributed by atoms with van der Waals surface area (Å²) in [7, 11) is -0.409. The molecule has 0 aliphatic heterocycles. The number of aromatic nitrogens is 1. The number of aryl methyl sites for hydroxylation is 2. The molecule has 1 heterocycles. The van der Waals surface area contributed by atoms with Gasteiger partial charge >= 0.3 is 0 Å². The summed E-state index contributed by atoms with van der Waals surface area (Å²) in [6, 6.07) is 11.3. The van der Waals surface area contributed by atoms with Crippen molar-refractivity contribution in [2.75, 3.05) is 13.4 Å². The number of sulfone groups is 1. The summed E-state index contributed by atoms with van der Waals surface area (Å²) >= 11 is 0. The standard InChI is InChI=1S/C22H23NO6S/c1-14-8-17(12-23(2)22(14)25)16-9-18(11-19(10-16)30(4,26)27)29-13-15-6-5-7-20(24)21(15)28-3/h5-12,24H,13H2,1-4H3. The second-order valence-corrected chi connectivity index (χ2v) is 9.07. The topological polar surface area (TPSA) is 94.8 Å². The minimum Gasteiger partial charge on any atom is -0.504 e. The van der Waals surface area contributed by atoms with Crippen molar-refractivity contribution in [2.45, 2.75) is 18.4 Å². The molecule has 0 unspecified atom stereocenters. The van der Waals surface area contributed by atoms with Crippen LogP contribution in [0.3, 0.4) is 0 Å². The lowest BCUT2D eigenvalue weighted by Gasteiger charge is -2.14. The Morgan fingerprint density at radius 2 is 1.83 bits per heavy atom. The summed E-state index contributed by atoms with van der Waals surface area (Å²) in [6.07, 6.45) is 2.78. The maximum Gasteiger partial charge on any atom is 0.253 e. The Hall–Kier alpha value is -3.26. The highest BCUT2D eigenvalue weighted by molar-refractivity contribution is 7.90. The number of aromatic hydroxyl groups is 1. The average Bonchev–Trinajstić information content (AvgIpc) is 2.69. The van der Waals surface area contributed by atoms with Gasteiger partial charge in [-0.1, -0.05) is 12.1 Å². The van der Waals surface area contributed by atoms with Crippen molar-refractivity contribution < 1.29 is 23.0 Å². The first-order chi connectivity index (χ1) is 14.1. The highest BCUT2D eigenvalue weighted by atomic mass is 32.2. The summed E-state index contributed by atoms with van der Waals surface area (Å²) in [5.74, 6) is 0.625. The highest BCUT2D eigenvalue weighted by Crippen LogP contribution is 2.32. The van der Waals surface area contributed by atoms with Gasteiger partial charge in [-0.3, -0.25) is 4.79 Å². The summed E-state index contributed by atoms with van der Waals surface area (Å²) in [6.45, 7) is 1.77. The Morgan fingerprint density at radius 3 is 2.47 bits per heavy atom. The van der Waals surface area contributed by atoms with E-state index in [0.29, 0.717) is 33.8 Å². The van der Waals surface area contributed by atoms with Crippen molar-refractivity contribution in [3.63, 3.8) is 0 Å². The molecule has 8 heteroatoms. The van der Waals surface area contributed by atoms with Crippen molar-refractivity contribution in [3.05, 3.63) is 70.1 Å². The van der Waals surface area contributed by atoms with Crippen LogP contribution in [0.2, 0.25) is 0 Å². The molecule has 158 valence electrons. The third kappa shape index (κ3) is 4.49. The molecule has 3 rings (SSSR count). The van der Waals surface area contributed by atoms with Crippen LogP contribution in [0.5, 0.6) is 17.2 Å². The number of hydrogen-bond donors (Lipinski definition) is 1. The quantitative estimate of drug-likeness (QED) is 0.647. The molecule has 3 aromatic rings. The van der Waals surface area contributed by atoms with E-state index in [1.165, 1.54) is 23.8 Å². The van der Waals surface area contributed by atoms with E-state index in [4.69, 9.17) is 9.47 Å². The molecule has 0 amide bonds. The minimum atomic E-state index is -3.50. The first-order valence-electron chi connectivity index (χ1n) is 9.10. The summed E-state index contributed by atoms with van der Waals surface area (Å²) in [5.41, 5.74) is 2.34. The predicted octanol–water partition coefficient (Wildman–Crippen LogP) is 3.06. The molecule has 0 aliphatic carbocycles. The second kappa shape index (κ2) is 8.23. The van der Waals surface area contributed by atoms with E-state index in [1.54, 1.807) is 50.5 Å². The van der Waals surface area contributed by atoms with E-state index in [1.807, 2.05) is 0 Å². The van der Waals surface area contributed by atoms with Crippen LogP contribution in [0, 0.1) is 6.92 Å². The van der Waals surface area contributed by atoms with E-state index in [9.17, 15) is 18.3 Å². The third-order valence-corrected chi connectivity index (χ3v) is 5.77. The predicted molar refractivity (Wildman–Crippen MR) is 114 cm³/mol. The fraction of sp³-hybridized carbons (Fsp3) is 0.227. The molecule has 0 saturated carbocycles. The number of phenolic OH excluding ortho intramolecular Hbond substituents is 1. The Labute approximate surface area is 175 Å². The van der Waals surface area contributed by atoms with Crippen molar-refractivity contribution in [1.82, 2.24) is 4.57 Å². The maximum atomic E-state index is 12.2. The molecule has 30 heavy (non-hydrogen) atoms. The molecule has 2 aromatic carbocycles. The van der Waals surface area contributed by atoms with Crippen LogP contribution in [0.25, 0.3) is 11.1 Å². The van der Waals surface area contributed by atoms with Gasteiger partial charge in [-0.15, -0.1) is 0 Å². The number of para-hydroxylation sites is 1. The number of ether oxygens (including phenoxy) is 2. The Bertz CT molecular complexity index is 1230. The van der Waals surface area contributed by atoms with Crippen molar-refractivity contribution in [1.29, 1.82) is 0 Å². The van der Waals surface area contributed by atoms with E-state index in [2.05, 4.69) is 0 Å². The molecule has 7 nitrogen and oxygen atoms in total. The summed E-state index contributed by atoms with van der Waals surface area (Å²) in [5, 5.41) is 9.92. The van der Waals surface area contributed by atoms with Crippen molar-refractivity contribution in [3.8, 4) is 28.4 Å². The van der Waals surface area contributed by atoms with E-state index >= 15 is 0 Å². The highest BCUT2D eigenvalue weighted by Gasteiger charge is 2.15. The number of phenols is 1. The van der Waals surface area contributed by atoms with Crippen LogP contribution < -0.4 is 15.0 Å². The fourth-order valence-corrected chi connectivity index (χ4v) is 3.82. The second-order valence-electron chi connectivity index (χ2n) is 7.05. The minimum absolute atomic E-state index is 0.00939. The monoisotopic (exact) mass is 429 g/mol. The third-order valence-electron chi connectivity index (χ3n) is 4.68. The van der Waals surface area contributed by atoms with Crippen LogP contribution in [0.1, 0.15) is 11.1 Å². The molecule has 0 spiro atoms. The molecule has 0 atom stereocenters. The lowest BCUT2D eigenvalue weighted by molar-refractivity contribution is 0.292. The first kappa shape index (κ1) is 21.4. The zero-order chi connectivity index (χ0) is 22.1. The average molecular weight is 429 g/mol. The number of methoxy groups -OCH3 is 1. The normalized spacial score (nSPS) is 11.3. The SMILES string of the molecule is COc1c(O)cccc1COc1cc(-c2cc(C)c(=O)n(C)c2)cc(S(C)(=O)=O)c1. The lowest BCUT2D eigenvalue weighted by atomic mass is 10.1. The fourth-order valence-electron chi connectivity index (χ4n) is 3.15. The van der Waals surface area contributed by atoms with Gasteiger partial charge in [0, 0.05) is 30.6 Å². The molecule has 0 radical (unpaired) electrons. The van der Waals surface area contributed by atoms with Gasteiger partial charge in [-0.25, -0.2) is 8.42 Å². The van der Waals surface area contributed by atoms with Gasteiger partial charge in [0.15, 0.2) is 21.3 Å². The van der Waals surface area contributed by atoms with Crippen LogP contribution in [0.4, 0.5) is 0 Å². The van der Waals surface area contributed by atoms with Gasteiger partial charge in [-0.2, -0.15) is 0 Å². The van der Waals surface area contributed by atoms with Crippen LogP contribution in [0.15, 0.2) is 58.4 Å². The van der Waals surface area contributed by atoms with Gasteiger partial charge in [0.25, 0.3) is 5.56 Å². The molecule has 1 N–H and O–H groups in total. The molecule has 0 fully saturated rings. The summed E-state index contributed by atoms with van der Waals surface area (Å²) < 4.78 is 36.9. The largest absolute Gasteiger partial charge is 0.504 e. The van der Waals surface area contributed by atoms with Crippen LogP contribution in [-0.4, -0.2) is 31.5 Å². The molecule has 0 aliphatic rings. The number of hydrogen-bond acceptors (Lipinski definition) is 6. The molecular formula is C22H23NO6S. The van der Waals surface area contributed by atoms with Crippen LogP contribution >= 0.6 is 0 Å². The van der Waals surface area contributed by atoms with E-state index < -0.39 is 9.84 Å². The van der Waals surface area contributed by atoms with Gasteiger partial charge in [0.2, 0.25) is 0 Å². The summed E-state index contributed by atoms with van der Waals surface area (Å²) in [4.78, 5) is 12.1. The molecule has 0 saturated heterocycles. The molecule has 1 aromatic heterocycles. The Morgan fingerprint density at radius 1 is 1.10 bits per heavy atom. The first-order valence-corrected chi connectivity index (χ1v) is 11.0.